The minimum absolute atomic E-state index is 0.134. The summed E-state index contributed by atoms with van der Waals surface area (Å²) in [6, 6.07) is 7.02. The molecule has 1 aromatic carbocycles. The van der Waals surface area contributed by atoms with E-state index in [9.17, 15) is 13.2 Å². The Kier molecular flexibility index (Phi) is 4.44. The number of sulfonamides is 1. The number of carbonyl (C=O) groups excluding carboxylic acids is 1. The molecular formula is C20H22N2O4S. The molecule has 4 rings (SSSR count). The van der Waals surface area contributed by atoms with Crippen LogP contribution >= 0.6 is 0 Å². The molecule has 0 saturated heterocycles. The van der Waals surface area contributed by atoms with Gasteiger partial charge in [-0.3, -0.25) is 4.79 Å². The molecule has 1 aliphatic rings. The third-order valence-electron chi connectivity index (χ3n) is 5.19. The van der Waals surface area contributed by atoms with Crippen molar-refractivity contribution in [3.63, 3.8) is 0 Å². The SMILES string of the molecule is CCc1cc2c3c([nH]c2cc1S(=O)(=O)N(C)Cc1ccco1)CCCC3=O. The van der Waals surface area contributed by atoms with Gasteiger partial charge in [0.15, 0.2) is 5.78 Å². The highest BCUT2D eigenvalue weighted by atomic mass is 32.2. The number of rotatable bonds is 5. The molecule has 6 nitrogen and oxygen atoms in total. The number of H-pyrrole nitrogens is 1. The van der Waals surface area contributed by atoms with Crippen LogP contribution in [0.25, 0.3) is 10.9 Å². The van der Waals surface area contributed by atoms with Gasteiger partial charge in [-0.15, -0.1) is 0 Å². The van der Waals surface area contributed by atoms with Crippen molar-refractivity contribution in [2.45, 2.75) is 44.0 Å². The summed E-state index contributed by atoms with van der Waals surface area (Å²) in [5.74, 6) is 0.719. The number of aromatic nitrogens is 1. The van der Waals surface area contributed by atoms with E-state index in [1.165, 1.54) is 10.6 Å². The van der Waals surface area contributed by atoms with E-state index in [1.54, 1.807) is 25.2 Å². The number of furan rings is 1. The Morgan fingerprint density at radius 3 is 2.78 bits per heavy atom. The third kappa shape index (κ3) is 3.00. The van der Waals surface area contributed by atoms with Crippen LogP contribution in [0.3, 0.4) is 0 Å². The van der Waals surface area contributed by atoms with Crippen LogP contribution in [0.4, 0.5) is 0 Å². The molecule has 0 fully saturated rings. The lowest BCUT2D eigenvalue weighted by atomic mass is 9.94. The van der Waals surface area contributed by atoms with Gasteiger partial charge >= 0.3 is 0 Å². The number of benzene rings is 1. The Morgan fingerprint density at radius 2 is 2.07 bits per heavy atom. The lowest BCUT2D eigenvalue weighted by Crippen LogP contribution is -2.27. The van der Waals surface area contributed by atoms with Crippen molar-refractivity contribution in [2.75, 3.05) is 7.05 Å². The normalized spacial score (nSPS) is 14.9. The molecule has 0 saturated carbocycles. The third-order valence-corrected chi connectivity index (χ3v) is 7.08. The molecular weight excluding hydrogens is 364 g/mol. The Labute approximate surface area is 158 Å². The summed E-state index contributed by atoms with van der Waals surface area (Å²) < 4.78 is 33.0. The number of ketones is 1. The van der Waals surface area contributed by atoms with Crippen molar-refractivity contribution in [1.82, 2.24) is 9.29 Å². The fraction of sp³-hybridized carbons (Fsp3) is 0.350. The molecule has 2 aromatic heterocycles. The first-order valence-corrected chi connectivity index (χ1v) is 10.5. The molecule has 0 spiro atoms. The van der Waals surface area contributed by atoms with Gasteiger partial charge in [-0.05, 0) is 49.1 Å². The molecule has 0 radical (unpaired) electrons. The quantitative estimate of drug-likeness (QED) is 0.725. The van der Waals surface area contributed by atoms with Crippen molar-refractivity contribution in [1.29, 1.82) is 0 Å². The number of hydrogen-bond donors (Lipinski definition) is 1. The molecule has 0 unspecified atom stereocenters. The summed E-state index contributed by atoms with van der Waals surface area (Å²) >= 11 is 0. The van der Waals surface area contributed by atoms with Gasteiger partial charge in [0, 0.05) is 35.6 Å². The summed E-state index contributed by atoms with van der Waals surface area (Å²) in [5.41, 5.74) is 3.08. The molecule has 0 atom stereocenters. The summed E-state index contributed by atoms with van der Waals surface area (Å²) in [7, 11) is -2.15. The zero-order valence-electron chi connectivity index (χ0n) is 15.4. The predicted octanol–water partition coefficient (Wildman–Crippen LogP) is 3.66. The summed E-state index contributed by atoms with van der Waals surface area (Å²) in [5, 5.41) is 0.833. The van der Waals surface area contributed by atoms with E-state index in [-0.39, 0.29) is 17.2 Å². The van der Waals surface area contributed by atoms with Crippen molar-refractivity contribution in [2.24, 2.45) is 0 Å². The van der Waals surface area contributed by atoms with E-state index in [0.717, 1.165) is 29.5 Å². The van der Waals surface area contributed by atoms with Crippen LogP contribution in [0.2, 0.25) is 0 Å². The minimum atomic E-state index is -3.70. The fourth-order valence-electron chi connectivity index (χ4n) is 3.77. The van der Waals surface area contributed by atoms with Gasteiger partial charge in [-0.25, -0.2) is 8.42 Å². The van der Waals surface area contributed by atoms with Crippen LogP contribution in [0.15, 0.2) is 39.8 Å². The summed E-state index contributed by atoms with van der Waals surface area (Å²) in [4.78, 5) is 15.9. The van der Waals surface area contributed by atoms with Crippen LogP contribution < -0.4 is 0 Å². The number of aryl methyl sites for hydroxylation is 2. The molecule has 142 valence electrons. The maximum absolute atomic E-state index is 13.2. The van der Waals surface area contributed by atoms with Gasteiger partial charge in [-0.1, -0.05) is 6.92 Å². The van der Waals surface area contributed by atoms with Crippen LogP contribution in [0, 0.1) is 0 Å². The first-order chi connectivity index (χ1) is 12.9. The van der Waals surface area contributed by atoms with Crippen LogP contribution in [0.1, 0.15) is 47.1 Å². The number of Topliss-reactive ketones (excluding diaryl/α,β-unsaturated/α-hetero) is 1. The Morgan fingerprint density at radius 1 is 1.26 bits per heavy atom. The minimum Gasteiger partial charge on any atom is -0.468 e. The first-order valence-electron chi connectivity index (χ1n) is 9.11. The van der Waals surface area contributed by atoms with Gasteiger partial charge < -0.3 is 9.40 Å². The fourth-order valence-corrected chi connectivity index (χ4v) is 5.20. The van der Waals surface area contributed by atoms with E-state index in [4.69, 9.17) is 4.42 Å². The molecule has 2 heterocycles. The second-order valence-electron chi connectivity index (χ2n) is 6.95. The first kappa shape index (κ1) is 18.0. The van der Waals surface area contributed by atoms with Gasteiger partial charge in [0.05, 0.1) is 17.7 Å². The topological polar surface area (TPSA) is 83.4 Å². The van der Waals surface area contributed by atoms with Gasteiger partial charge in [0.25, 0.3) is 0 Å². The monoisotopic (exact) mass is 386 g/mol. The zero-order chi connectivity index (χ0) is 19.2. The Balaban J connectivity index is 1.82. The van der Waals surface area contributed by atoms with E-state index in [1.807, 2.05) is 13.0 Å². The molecule has 0 amide bonds. The maximum atomic E-state index is 13.2. The average molecular weight is 386 g/mol. The predicted molar refractivity (Wildman–Crippen MR) is 102 cm³/mol. The second kappa shape index (κ2) is 6.65. The molecule has 0 aliphatic heterocycles. The Hall–Kier alpha value is -2.38. The Bertz CT molecular complexity index is 1110. The molecule has 1 aliphatic carbocycles. The molecule has 0 bridgehead atoms. The average Bonchev–Trinajstić information content (AvgIpc) is 3.27. The number of nitrogens with zero attached hydrogens (tertiary/aromatic N) is 1. The number of fused-ring (bicyclic) bond motifs is 3. The highest BCUT2D eigenvalue weighted by Gasteiger charge is 2.28. The summed E-state index contributed by atoms with van der Waals surface area (Å²) in [6.45, 7) is 2.09. The lowest BCUT2D eigenvalue weighted by molar-refractivity contribution is 0.0974. The number of hydrogen-bond acceptors (Lipinski definition) is 4. The van der Waals surface area contributed by atoms with Crippen molar-refractivity contribution in [3.05, 3.63) is 53.1 Å². The second-order valence-corrected chi connectivity index (χ2v) is 8.97. The largest absolute Gasteiger partial charge is 0.468 e. The molecule has 27 heavy (non-hydrogen) atoms. The lowest BCUT2D eigenvalue weighted by Gasteiger charge is -2.18. The number of aromatic amines is 1. The highest BCUT2D eigenvalue weighted by molar-refractivity contribution is 7.89. The van der Waals surface area contributed by atoms with Crippen LogP contribution in [-0.2, 0) is 29.4 Å². The van der Waals surface area contributed by atoms with Crippen molar-refractivity contribution < 1.29 is 17.6 Å². The molecule has 7 heteroatoms. The highest BCUT2D eigenvalue weighted by Crippen LogP contribution is 2.33. The number of nitrogens with one attached hydrogen (secondary N) is 1. The smallest absolute Gasteiger partial charge is 0.243 e. The van der Waals surface area contributed by atoms with Crippen molar-refractivity contribution >= 4 is 26.7 Å². The van der Waals surface area contributed by atoms with E-state index < -0.39 is 10.0 Å². The van der Waals surface area contributed by atoms with Gasteiger partial charge in [-0.2, -0.15) is 4.31 Å². The standard InChI is InChI=1S/C20H22N2O4S/c1-3-13-10-15-17(21-16-7-4-8-18(23)20(15)16)11-19(13)27(24,25)22(2)12-14-6-5-9-26-14/h5-6,9-11,21H,3-4,7-8,12H2,1-2H3. The maximum Gasteiger partial charge on any atom is 0.243 e. The molecule has 3 aromatic rings. The van der Waals surface area contributed by atoms with E-state index in [0.29, 0.717) is 29.7 Å². The van der Waals surface area contributed by atoms with Crippen molar-refractivity contribution in [3.8, 4) is 0 Å². The van der Waals surface area contributed by atoms with E-state index >= 15 is 0 Å². The zero-order valence-corrected chi connectivity index (χ0v) is 16.2. The van der Waals surface area contributed by atoms with E-state index in [2.05, 4.69) is 4.98 Å². The van der Waals surface area contributed by atoms with Gasteiger partial charge in [0.2, 0.25) is 10.0 Å². The van der Waals surface area contributed by atoms with Crippen LogP contribution in [-0.4, -0.2) is 30.5 Å². The van der Waals surface area contributed by atoms with Crippen LogP contribution in [0.5, 0.6) is 0 Å². The van der Waals surface area contributed by atoms with Gasteiger partial charge in [0.1, 0.15) is 5.76 Å². The summed E-state index contributed by atoms with van der Waals surface area (Å²) in [6.07, 6.45) is 4.29. The molecule has 1 N–H and O–H groups in total. The number of carbonyl (C=O) groups is 1.